The van der Waals surface area contributed by atoms with Gasteiger partial charge in [0.15, 0.2) is 0 Å². The molecule has 1 aliphatic rings. The van der Waals surface area contributed by atoms with Gasteiger partial charge in [0.05, 0.1) is 5.54 Å². The number of rotatable bonds is 3. The molecule has 1 amide bonds. The molecule has 0 spiro atoms. The van der Waals surface area contributed by atoms with Crippen molar-refractivity contribution >= 4 is 17.5 Å². The summed E-state index contributed by atoms with van der Waals surface area (Å²) in [5.41, 5.74) is 1.10. The molecule has 0 aliphatic heterocycles. The summed E-state index contributed by atoms with van der Waals surface area (Å²) in [6.45, 7) is 1.88. The maximum atomic E-state index is 12.5. The zero-order valence-corrected chi connectivity index (χ0v) is 11.9. The Morgan fingerprint density at radius 3 is 2.80 bits per heavy atom. The van der Waals surface area contributed by atoms with E-state index in [1.807, 2.05) is 6.92 Å². The molecule has 1 aromatic heterocycles. The predicted molar refractivity (Wildman–Crippen MR) is 75.6 cm³/mol. The van der Waals surface area contributed by atoms with Crippen molar-refractivity contribution in [3.63, 3.8) is 0 Å². The van der Waals surface area contributed by atoms with E-state index in [9.17, 15) is 4.79 Å². The van der Waals surface area contributed by atoms with E-state index in [4.69, 9.17) is 11.6 Å². The fourth-order valence-electron chi connectivity index (χ4n) is 2.55. The van der Waals surface area contributed by atoms with Crippen molar-refractivity contribution < 1.29 is 4.79 Å². The number of hydrogen-bond donors (Lipinski definition) is 2. The minimum atomic E-state index is -0.403. The second-order valence-corrected chi connectivity index (χ2v) is 5.62. The number of aromatic nitrogens is 3. The van der Waals surface area contributed by atoms with Gasteiger partial charge >= 0.3 is 0 Å². The SMILES string of the molecule is Cc1cc(Cl)ccc1C(=O)NC1(c2ncn[nH]2)CCC1. The molecule has 0 atom stereocenters. The Hall–Kier alpha value is -1.88. The first-order chi connectivity index (χ1) is 9.61. The van der Waals surface area contributed by atoms with Crippen LogP contribution in [-0.2, 0) is 5.54 Å². The second kappa shape index (κ2) is 4.90. The van der Waals surface area contributed by atoms with E-state index in [0.717, 1.165) is 30.7 Å². The molecule has 1 aromatic carbocycles. The Morgan fingerprint density at radius 1 is 1.45 bits per heavy atom. The molecular formula is C14H15ClN4O. The highest BCUT2D eigenvalue weighted by Gasteiger charge is 2.42. The van der Waals surface area contributed by atoms with E-state index in [1.165, 1.54) is 6.33 Å². The Bertz CT molecular complexity index is 635. The lowest BCUT2D eigenvalue weighted by Crippen LogP contribution is -2.51. The van der Waals surface area contributed by atoms with Crippen molar-refractivity contribution in [1.82, 2.24) is 20.5 Å². The van der Waals surface area contributed by atoms with Gasteiger partial charge < -0.3 is 5.32 Å². The minimum Gasteiger partial charge on any atom is -0.339 e. The zero-order chi connectivity index (χ0) is 14.2. The maximum Gasteiger partial charge on any atom is 0.252 e. The van der Waals surface area contributed by atoms with Crippen molar-refractivity contribution in [1.29, 1.82) is 0 Å². The first kappa shape index (κ1) is 13.1. The van der Waals surface area contributed by atoms with E-state index < -0.39 is 5.54 Å². The molecule has 6 heteroatoms. The number of nitrogens with zero attached hydrogens (tertiary/aromatic N) is 2. The van der Waals surface area contributed by atoms with Crippen LogP contribution in [0.5, 0.6) is 0 Å². The fourth-order valence-corrected chi connectivity index (χ4v) is 2.78. The number of aromatic amines is 1. The summed E-state index contributed by atoms with van der Waals surface area (Å²) in [4.78, 5) is 16.7. The number of carbonyl (C=O) groups excluding carboxylic acids is 1. The van der Waals surface area contributed by atoms with Crippen LogP contribution in [0.15, 0.2) is 24.5 Å². The quantitative estimate of drug-likeness (QED) is 0.913. The molecule has 20 heavy (non-hydrogen) atoms. The smallest absolute Gasteiger partial charge is 0.252 e. The summed E-state index contributed by atoms with van der Waals surface area (Å²) in [6.07, 6.45) is 4.29. The lowest BCUT2D eigenvalue weighted by molar-refractivity contribution is 0.0809. The highest BCUT2D eigenvalue weighted by atomic mass is 35.5. The topological polar surface area (TPSA) is 70.7 Å². The molecule has 0 saturated heterocycles. The summed E-state index contributed by atoms with van der Waals surface area (Å²) in [5.74, 6) is 0.624. The molecule has 1 aliphatic carbocycles. The molecule has 3 rings (SSSR count). The second-order valence-electron chi connectivity index (χ2n) is 5.18. The molecule has 0 bridgehead atoms. The van der Waals surface area contributed by atoms with Crippen LogP contribution < -0.4 is 5.32 Å². The third-order valence-electron chi connectivity index (χ3n) is 3.86. The van der Waals surface area contributed by atoms with E-state index >= 15 is 0 Å². The number of amides is 1. The fraction of sp³-hybridized carbons (Fsp3) is 0.357. The lowest BCUT2D eigenvalue weighted by atomic mass is 9.76. The first-order valence-corrected chi connectivity index (χ1v) is 6.93. The summed E-state index contributed by atoms with van der Waals surface area (Å²) in [6, 6.07) is 5.27. The number of hydrogen-bond acceptors (Lipinski definition) is 3. The number of benzene rings is 1. The van der Waals surface area contributed by atoms with Crippen molar-refractivity contribution in [2.45, 2.75) is 31.7 Å². The van der Waals surface area contributed by atoms with E-state index in [1.54, 1.807) is 18.2 Å². The van der Waals surface area contributed by atoms with Gasteiger partial charge in [-0.15, -0.1) is 0 Å². The van der Waals surface area contributed by atoms with E-state index in [-0.39, 0.29) is 5.91 Å². The molecule has 0 radical (unpaired) electrons. The average Bonchev–Trinajstić information content (AvgIpc) is 2.87. The Labute approximate surface area is 121 Å². The van der Waals surface area contributed by atoms with Crippen LogP contribution in [0.4, 0.5) is 0 Å². The highest BCUT2D eigenvalue weighted by molar-refractivity contribution is 6.30. The van der Waals surface area contributed by atoms with Crippen LogP contribution in [0.3, 0.4) is 0 Å². The summed E-state index contributed by atoms with van der Waals surface area (Å²) in [5, 5.41) is 10.5. The Balaban J connectivity index is 1.85. The van der Waals surface area contributed by atoms with E-state index in [0.29, 0.717) is 10.6 Å². The molecule has 1 saturated carbocycles. The third-order valence-corrected chi connectivity index (χ3v) is 4.10. The minimum absolute atomic E-state index is 0.102. The van der Waals surface area contributed by atoms with Crippen molar-refractivity contribution in [2.24, 2.45) is 0 Å². The van der Waals surface area contributed by atoms with Gasteiger partial charge in [-0.25, -0.2) is 4.98 Å². The molecule has 2 aromatic rings. The van der Waals surface area contributed by atoms with Crippen LogP contribution in [0.2, 0.25) is 5.02 Å². The van der Waals surface area contributed by atoms with Gasteiger partial charge in [0, 0.05) is 10.6 Å². The zero-order valence-electron chi connectivity index (χ0n) is 11.1. The normalized spacial score (nSPS) is 16.5. The Kier molecular flexibility index (Phi) is 3.22. The summed E-state index contributed by atoms with van der Waals surface area (Å²) < 4.78 is 0. The van der Waals surface area contributed by atoms with Gasteiger partial charge in [-0.3, -0.25) is 9.89 Å². The number of halogens is 1. The van der Waals surface area contributed by atoms with Crippen molar-refractivity contribution in [2.75, 3.05) is 0 Å². The average molecular weight is 291 g/mol. The molecular weight excluding hydrogens is 276 g/mol. The van der Waals surface area contributed by atoms with E-state index in [2.05, 4.69) is 20.5 Å². The van der Waals surface area contributed by atoms with Crippen LogP contribution >= 0.6 is 11.6 Å². The summed E-state index contributed by atoms with van der Waals surface area (Å²) >= 11 is 5.92. The Morgan fingerprint density at radius 2 is 2.25 bits per heavy atom. The van der Waals surface area contributed by atoms with Crippen molar-refractivity contribution in [3.05, 3.63) is 46.5 Å². The van der Waals surface area contributed by atoms with Gasteiger partial charge in [-0.1, -0.05) is 11.6 Å². The molecule has 104 valence electrons. The number of H-pyrrole nitrogens is 1. The monoisotopic (exact) mass is 290 g/mol. The number of nitrogens with one attached hydrogen (secondary N) is 2. The maximum absolute atomic E-state index is 12.5. The first-order valence-electron chi connectivity index (χ1n) is 6.55. The lowest BCUT2D eigenvalue weighted by Gasteiger charge is -2.40. The highest BCUT2D eigenvalue weighted by Crippen LogP contribution is 2.39. The molecule has 2 N–H and O–H groups in total. The van der Waals surface area contributed by atoms with Gasteiger partial charge in [0.25, 0.3) is 5.91 Å². The van der Waals surface area contributed by atoms with Crippen LogP contribution in [0.1, 0.15) is 41.0 Å². The van der Waals surface area contributed by atoms with Gasteiger partial charge in [0.1, 0.15) is 12.2 Å². The largest absolute Gasteiger partial charge is 0.339 e. The number of aryl methyl sites for hydroxylation is 1. The van der Waals surface area contributed by atoms with Crippen LogP contribution in [0, 0.1) is 6.92 Å². The predicted octanol–water partition coefficient (Wildman–Crippen LogP) is 2.58. The summed E-state index contributed by atoms with van der Waals surface area (Å²) in [7, 11) is 0. The van der Waals surface area contributed by atoms with Gasteiger partial charge in [-0.2, -0.15) is 5.10 Å². The van der Waals surface area contributed by atoms with Gasteiger partial charge in [-0.05, 0) is 49.9 Å². The molecule has 5 nitrogen and oxygen atoms in total. The van der Waals surface area contributed by atoms with Crippen LogP contribution in [0.25, 0.3) is 0 Å². The van der Waals surface area contributed by atoms with Crippen LogP contribution in [-0.4, -0.2) is 21.1 Å². The molecule has 0 unspecified atom stereocenters. The number of carbonyl (C=O) groups is 1. The standard InChI is InChI=1S/C14H15ClN4O/c1-9-7-10(15)3-4-11(9)12(20)18-14(5-2-6-14)13-16-8-17-19-13/h3-4,7-8H,2,5-6H2,1H3,(H,18,20)(H,16,17,19). The van der Waals surface area contributed by atoms with Crippen molar-refractivity contribution in [3.8, 4) is 0 Å². The molecule has 1 fully saturated rings. The van der Waals surface area contributed by atoms with Gasteiger partial charge in [0.2, 0.25) is 0 Å². The third kappa shape index (κ3) is 2.18. The molecule has 1 heterocycles.